The average Bonchev–Trinajstić information content (AvgIpc) is 3.16. The SMILES string of the molecule is N#Cc1cccnc1N1CCN(C(=O)c2ccc3[nH]c4c(c3c2)CCCC4)CC1. The van der Waals surface area contributed by atoms with Gasteiger partial charge in [0.15, 0.2) is 0 Å². The molecule has 3 aromatic rings. The Morgan fingerprint density at radius 1 is 1.10 bits per heavy atom. The van der Waals surface area contributed by atoms with Gasteiger partial charge in [-0.05, 0) is 61.6 Å². The van der Waals surface area contributed by atoms with E-state index in [0.29, 0.717) is 37.6 Å². The Bertz CT molecular complexity index is 1120. The number of aryl methyl sites for hydroxylation is 2. The number of pyridine rings is 1. The largest absolute Gasteiger partial charge is 0.358 e. The molecule has 5 rings (SSSR count). The van der Waals surface area contributed by atoms with Crippen molar-refractivity contribution in [1.82, 2.24) is 14.9 Å². The Balaban J connectivity index is 1.34. The second-order valence-corrected chi connectivity index (χ2v) is 7.82. The number of piperazine rings is 1. The number of benzene rings is 1. The number of hydrogen-bond acceptors (Lipinski definition) is 4. The molecule has 2 aromatic heterocycles. The van der Waals surface area contributed by atoms with Gasteiger partial charge in [-0.25, -0.2) is 4.98 Å². The first-order valence-corrected chi connectivity index (χ1v) is 10.3. The molecule has 1 saturated heterocycles. The topological polar surface area (TPSA) is 76.0 Å². The molecule has 1 fully saturated rings. The predicted molar refractivity (Wildman–Crippen MR) is 112 cm³/mol. The molecule has 1 amide bonds. The summed E-state index contributed by atoms with van der Waals surface area (Å²) in [4.78, 5) is 25.0. The highest BCUT2D eigenvalue weighted by molar-refractivity contribution is 5.99. The number of carbonyl (C=O) groups is 1. The molecule has 1 aromatic carbocycles. The Labute approximate surface area is 169 Å². The maximum atomic E-state index is 13.1. The summed E-state index contributed by atoms with van der Waals surface area (Å²) in [5.41, 5.74) is 5.21. The van der Waals surface area contributed by atoms with Crippen molar-refractivity contribution >= 4 is 22.6 Å². The molecule has 0 saturated carbocycles. The zero-order valence-electron chi connectivity index (χ0n) is 16.3. The number of nitriles is 1. The van der Waals surface area contributed by atoms with Crippen LogP contribution in [0.25, 0.3) is 10.9 Å². The van der Waals surface area contributed by atoms with E-state index in [0.717, 1.165) is 23.9 Å². The van der Waals surface area contributed by atoms with Gasteiger partial charge in [0.2, 0.25) is 0 Å². The summed E-state index contributed by atoms with van der Waals surface area (Å²) in [6.45, 7) is 2.62. The van der Waals surface area contributed by atoms with Gasteiger partial charge in [-0.1, -0.05) is 0 Å². The molecule has 1 aliphatic carbocycles. The molecule has 1 N–H and O–H groups in total. The Morgan fingerprint density at radius 2 is 1.93 bits per heavy atom. The molecule has 6 heteroatoms. The number of nitrogens with one attached hydrogen (secondary N) is 1. The normalized spacial score (nSPS) is 16.5. The van der Waals surface area contributed by atoms with E-state index in [2.05, 4.69) is 27.0 Å². The van der Waals surface area contributed by atoms with E-state index in [1.807, 2.05) is 17.0 Å². The van der Waals surface area contributed by atoms with Crippen molar-refractivity contribution in [3.8, 4) is 6.07 Å². The minimum absolute atomic E-state index is 0.0823. The van der Waals surface area contributed by atoms with Crippen LogP contribution in [0.15, 0.2) is 36.5 Å². The van der Waals surface area contributed by atoms with E-state index >= 15 is 0 Å². The van der Waals surface area contributed by atoms with Crippen molar-refractivity contribution < 1.29 is 4.79 Å². The van der Waals surface area contributed by atoms with Crippen LogP contribution in [0.5, 0.6) is 0 Å². The maximum Gasteiger partial charge on any atom is 0.253 e. The van der Waals surface area contributed by atoms with Crippen molar-refractivity contribution in [3.63, 3.8) is 0 Å². The number of hydrogen-bond donors (Lipinski definition) is 1. The first-order valence-electron chi connectivity index (χ1n) is 10.3. The second kappa shape index (κ2) is 7.25. The fourth-order valence-corrected chi connectivity index (χ4v) is 4.58. The van der Waals surface area contributed by atoms with Crippen LogP contribution in [-0.4, -0.2) is 47.0 Å². The predicted octanol–water partition coefficient (Wildman–Crippen LogP) is 3.28. The fraction of sp³-hybridized carbons (Fsp3) is 0.348. The number of aromatic amines is 1. The van der Waals surface area contributed by atoms with Crippen LogP contribution < -0.4 is 4.90 Å². The minimum Gasteiger partial charge on any atom is -0.358 e. The van der Waals surface area contributed by atoms with Gasteiger partial charge in [0.1, 0.15) is 11.9 Å². The van der Waals surface area contributed by atoms with Crippen molar-refractivity contribution in [2.75, 3.05) is 31.1 Å². The lowest BCUT2D eigenvalue weighted by molar-refractivity contribution is 0.0746. The summed E-state index contributed by atoms with van der Waals surface area (Å²) in [6.07, 6.45) is 6.36. The summed E-state index contributed by atoms with van der Waals surface area (Å²) in [6, 6.07) is 11.8. The number of H-pyrrole nitrogens is 1. The van der Waals surface area contributed by atoms with Gasteiger partial charge < -0.3 is 14.8 Å². The number of anilines is 1. The van der Waals surface area contributed by atoms with E-state index in [1.54, 1.807) is 18.3 Å². The molecule has 3 heterocycles. The third-order valence-corrected chi connectivity index (χ3v) is 6.12. The number of carbonyl (C=O) groups excluding carboxylic acids is 1. The summed E-state index contributed by atoms with van der Waals surface area (Å²) in [5.74, 6) is 0.793. The van der Waals surface area contributed by atoms with E-state index in [9.17, 15) is 10.1 Å². The van der Waals surface area contributed by atoms with Crippen LogP contribution in [-0.2, 0) is 12.8 Å². The van der Waals surface area contributed by atoms with Crippen molar-refractivity contribution in [1.29, 1.82) is 5.26 Å². The molecule has 0 unspecified atom stereocenters. The van der Waals surface area contributed by atoms with Gasteiger partial charge in [0, 0.05) is 54.5 Å². The van der Waals surface area contributed by atoms with Gasteiger partial charge in [0.05, 0.1) is 5.56 Å². The summed E-state index contributed by atoms with van der Waals surface area (Å²) >= 11 is 0. The first kappa shape index (κ1) is 17.7. The lowest BCUT2D eigenvalue weighted by atomic mass is 9.95. The molecule has 0 radical (unpaired) electrons. The van der Waals surface area contributed by atoms with E-state index in [4.69, 9.17) is 0 Å². The number of rotatable bonds is 2. The zero-order chi connectivity index (χ0) is 19.8. The Hall–Kier alpha value is -3.33. The average molecular weight is 385 g/mol. The molecule has 146 valence electrons. The maximum absolute atomic E-state index is 13.1. The van der Waals surface area contributed by atoms with Crippen LogP contribution in [0.2, 0.25) is 0 Å². The van der Waals surface area contributed by atoms with E-state index < -0.39 is 0 Å². The van der Waals surface area contributed by atoms with Crippen LogP contribution >= 0.6 is 0 Å². The van der Waals surface area contributed by atoms with E-state index in [1.165, 1.54) is 29.5 Å². The van der Waals surface area contributed by atoms with Gasteiger partial charge in [-0.2, -0.15) is 5.26 Å². The van der Waals surface area contributed by atoms with Crippen molar-refractivity contribution in [2.24, 2.45) is 0 Å². The lowest BCUT2D eigenvalue weighted by Crippen LogP contribution is -2.49. The smallest absolute Gasteiger partial charge is 0.253 e. The highest BCUT2D eigenvalue weighted by Crippen LogP contribution is 2.30. The Morgan fingerprint density at radius 3 is 2.76 bits per heavy atom. The third kappa shape index (κ3) is 3.13. The molecule has 29 heavy (non-hydrogen) atoms. The molecular weight excluding hydrogens is 362 g/mol. The molecule has 2 aliphatic rings. The van der Waals surface area contributed by atoms with Gasteiger partial charge in [-0.3, -0.25) is 4.79 Å². The van der Waals surface area contributed by atoms with Gasteiger partial charge in [0.25, 0.3) is 5.91 Å². The number of fused-ring (bicyclic) bond motifs is 3. The van der Waals surface area contributed by atoms with Crippen molar-refractivity contribution in [2.45, 2.75) is 25.7 Å². The molecule has 1 aliphatic heterocycles. The monoisotopic (exact) mass is 385 g/mol. The van der Waals surface area contributed by atoms with Gasteiger partial charge in [-0.15, -0.1) is 0 Å². The molecular formula is C23H23N5O. The second-order valence-electron chi connectivity index (χ2n) is 7.82. The van der Waals surface area contributed by atoms with E-state index in [-0.39, 0.29) is 5.91 Å². The summed E-state index contributed by atoms with van der Waals surface area (Å²) in [5, 5.41) is 10.5. The Kier molecular flexibility index (Phi) is 4.44. The van der Waals surface area contributed by atoms with Crippen LogP contribution in [0.3, 0.4) is 0 Å². The van der Waals surface area contributed by atoms with Gasteiger partial charge >= 0.3 is 0 Å². The molecule has 0 spiro atoms. The first-order chi connectivity index (χ1) is 14.2. The number of amides is 1. The quantitative estimate of drug-likeness (QED) is 0.735. The zero-order valence-corrected chi connectivity index (χ0v) is 16.3. The highest BCUT2D eigenvalue weighted by atomic mass is 16.2. The summed E-state index contributed by atoms with van der Waals surface area (Å²) < 4.78 is 0. The molecule has 0 atom stereocenters. The fourth-order valence-electron chi connectivity index (χ4n) is 4.58. The van der Waals surface area contributed by atoms with Crippen LogP contribution in [0, 0.1) is 11.3 Å². The van der Waals surface area contributed by atoms with Crippen LogP contribution in [0.1, 0.15) is 40.0 Å². The number of aromatic nitrogens is 2. The highest BCUT2D eigenvalue weighted by Gasteiger charge is 2.25. The van der Waals surface area contributed by atoms with Crippen LogP contribution in [0.4, 0.5) is 5.82 Å². The summed E-state index contributed by atoms with van der Waals surface area (Å²) in [7, 11) is 0. The lowest BCUT2D eigenvalue weighted by Gasteiger charge is -2.35. The minimum atomic E-state index is 0.0823. The third-order valence-electron chi connectivity index (χ3n) is 6.12. The molecule has 6 nitrogen and oxygen atoms in total. The van der Waals surface area contributed by atoms with Crippen molar-refractivity contribution in [3.05, 3.63) is 58.9 Å². The number of nitrogens with zero attached hydrogens (tertiary/aromatic N) is 4. The molecule has 0 bridgehead atoms. The standard InChI is InChI=1S/C23H23N5O/c24-15-17-4-3-9-25-22(17)27-10-12-28(13-11-27)23(29)16-7-8-21-19(14-16)18-5-1-2-6-20(18)26-21/h3-4,7-9,14,26H,1-2,5-6,10-13H2.